The van der Waals surface area contributed by atoms with Crippen LogP contribution in [0.15, 0.2) is 18.2 Å². The molecule has 20 heavy (non-hydrogen) atoms. The third-order valence-corrected chi connectivity index (χ3v) is 2.70. The molecule has 0 aromatic heterocycles. The van der Waals surface area contributed by atoms with Crippen molar-refractivity contribution in [3.05, 3.63) is 29.6 Å². The lowest BCUT2D eigenvalue weighted by Gasteiger charge is -2.22. The van der Waals surface area contributed by atoms with Gasteiger partial charge in [0, 0.05) is 11.0 Å². The molecule has 6 nitrogen and oxygen atoms in total. The van der Waals surface area contributed by atoms with Gasteiger partial charge >= 0.3 is 19.1 Å². The Hall–Kier alpha value is -2.22. The maximum atomic E-state index is 13.5. The van der Waals surface area contributed by atoms with E-state index in [9.17, 15) is 18.8 Å². The molecule has 1 fully saturated rings. The lowest BCUT2D eigenvalue weighted by atomic mass is 9.78. The van der Waals surface area contributed by atoms with E-state index in [1.165, 1.54) is 17.0 Å². The molecule has 0 spiro atoms. The predicted octanol–water partition coefficient (Wildman–Crippen LogP) is -0.635. The molecule has 1 heterocycles. The van der Waals surface area contributed by atoms with Crippen LogP contribution in [0.25, 0.3) is 0 Å². The average molecular weight is 279 g/mol. The zero-order chi connectivity index (χ0) is 14.7. The Labute approximate surface area is 114 Å². The third kappa shape index (κ3) is 3.21. The lowest BCUT2D eigenvalue weighted by molar-refractivity contribution is -0.145. The van der Waals surface area contributed by atoms with Crippen LogP contribution >= 0.6 is 0 Å². The van der Waals surface area contributed by atoms with Gasteiger partial charge < -0.3 is 9.31 Å². The van der Waals surface area contributed by atoms with E-state index in [0.29, 0.717) is 6.29 Å². The van der Waals surface area contributed by atoms with E-state index < -0.39 is 24.9 Å². The highest BCUT2D eigenvalue weighted by Gasteiger charge is 2.34. The van der Waals surface area contributed by atoms with Gasteiger partial charge in [0.1, 0.15) is 5.82 Å². The minimum atomic E-state index is -1.31. The van der Waals surface area contributed by atoms with Crippen molar-refractivity contribution in [2.45, 2.75) is 0 Å². The summed E-state index contributed by atoms with van der Waals surface area (Å²) in [5.41, 5.74) is 0.0244. The molecule has 2 rings (SSSR count). The summed E-state index contributed by atoms with van der Waals surface area (Å²) in [5, 5.41) is 0. The first-order valence-electron chi connectivity index (χ1n) is 5.81. The van der Waals surface area contributed by atoms with E-state index in [4.69, 9.17) is 9.31 Å². The number of rotatable bonds is 2. The van der Waals surface area contributed by atoms with E-state index in [2.05, 4.69) is 0 Å². The van der Waals surface area contributed by atoms with Gasteiger partial charge in [0.05, 0.1) is 13.1 Å². The number of hydrogen-bond donors (Lipinski definition) is 0. The van der Waals surface area contributed by atoms with Crippen molar-refractivity contribution in [3.8, 4) is 0 Å². The first-order chi connectivity index (χ1) is 9.49. The second-order valence-electron chi connectivity index (χ2n) is 4.38. The minimum Gasteiger partial charge on any atom is -0.494 e. The van der Waals surface area contributed by atoms with E-state index in [1.54, 1.807) is 7.05 Å². The normalized spacial score (nSPS) is 17.0. The molecule has 0 saturated carbocycles. The number of halogens is 1. The van der Waals surface area contributed by atoms with Crippen LogP contribution in [0.5, 0.6) is 0 Å². The Morgan fingerprint density at radius 3 is 2.35 bits per heavy atom. The fraction of sp³-hybridized carbons (Fsp3) is 0.250. The molecule has 0 aliphatic carbocycles. The highest BCUT2D eigenvalue weighted by Crippen LogP contribution is 2.06. The van der Waals surface area contributed by atoms with Crippen LogP contribution in [0.2, 0.25) is 0 Å². The molecular weight excluding hydrogens is 268 g/mol. The van der Waals surface area contributed by atoms with Gasteiger partial charge in [-0.2, -0.15) is 0 Å². The van der Waals surface area contributed by atoms with Crippen LogP contribution in [0.1, 0.15) is 10.4 Å². The smallest absolute Gasteiger partial charge is 0.494 e. The highest BCUT2D eigenvalue weighted by molar-refractivity contribution is 6.64. The summed E-state index contributed by atoms with van der Waals surface area (Å²) in [6, 6.07) is 3.59. The second-order valence-corrected chi connectivity index (χ2v) is 4.38. The zero-order valence-electron chi connectivity index (χ0n) is 10.7. The van der Waals surface area contributed by atoms with Crippen molar-refractivity contribution in [2.24, 2.45) is 0 Å². The van der Waals surface area contributed by atoms with Crippen molar-refractivity contribution in [1.82, 2.24) is 4.90 Å². The Morgan fingerprint density at radius 2 is 1.85 bits per heavy atom. The van der Waals surface area contributed by atoms with Crippen molar-refractivity contribution in [1.29, 1.82) is 0 Å². The monoisotopic (exact) mass is 279 g/mol. The number of hydrogen-bond acceptors (Lipinski definition) is 6. The summed E-state index contributed by atoms with van der Waals surface area (Å²) in [6.07, 6.45) is 0.365. The molecule has 1 aromatic rings. The van der Waals surface area contributed by atoms with Crippen molar-refractivity contribution < 1.29 is 28.1 Å². The first kappa shape index (κ1) is 14.2. The Balaban J connectivity index is 2.25. The molecule has 0 radical (unpaired) electrons. The van der Waals surface area contributed by atoms with Crippen molar-refractivity contribution in [3.63, 3.8) is 0 Å². The number of aldehydes is 1. The summed E-state index contributed by atoms with van der Waals surface area (Å²) >= 11 is 0. The summed E-state index contributed by atoms with van der Waals surface area (Å²) in [7, 11) is 0.264. The number of carbonyl (C=O) groups is 3. The summed E-state index contributed by atoms with van der Waals surface area (Å²) in [5.74, 6) is -1.96. The molecule has 0 N–H and O–H groups in total. The maximum Gasteiger partial charge on any atom is 0.636 e. The molecule has 1 aromatic carbocycles. The first-order valence-corrected chi connectivity index (χ1v) is 5.81. The Bertz CT molecular complexity index is 545. The molecule has 1 saturated heterocycles. The topological polar surface area (TPSA) is 72.9 Å². The third-order valence-electron chi connectivity index (χ3n) is 2.70. The second kappa shape index (κ2) is 5.83. The van der Waals surface area contributed by atoms with Crippen LogP contribution in [-0.4, -0.2) is 50.4 Å². The van der Waals surface area contributed by atoms with Crippen LogP contribution in [0, 0.1) is 5.82 Å². The van der Waals surface area contributed by atoms with Gasteiger partial charge in [0.15, 0.2) is 6.29 Å². The molecule has 8 heteroatoms. The largest absolute Gasteiger partial charge is 0.636 e. The Kier molecular flexibility index (Phi) is 4.14. The molecule has 1 aliphatic rings. The summed E-state index contributed by atoms with van der Waals surface area (Å²) < 4.78 is 23.5. The molecule has 0 amide bonds. The minimum absolute atomic E-state index is 0.0689. The number of nitrogens with zero attached hydrogens (tertiary/aromatic N) is 1. The van der Waals surface area contributed by atoms with E-state index in [-0.39, 0.29) is 24.1 Å². The van der Waals surface area contributed by atoms with Gasteiger partial charge in [-0.3, -0.25) is 19.3 Å². The standard InChI is InChI=1S/C12H11BFNO5/c1-15-5-11(17)19-13(20-12(18)6-15)9-3-2-8(7-16)10(14)4-9/h2-4,7H,5-6H2,1H3. The number of benzene rings is 1. The predicted molar refractivity (Wildman–Crippen MR) is 66.9 cm³/mol. The maximum absolute atomic E-state index is 13.5. The fourth-order valence-corrected chi connectivity index (χ4v) is 1.76. The van der Waals surface area contributed by atoms with Crippen molar-refractivity contribution in [2.75, 3.05) is 20.1 Å². The molecule has 0 bridgehead atoms. The van der Waals surface area contributed by atoms with Gasteiger partial charge in [0.25, 0.3) is 0 Å². The molecule has 0 atom stereocenters. The lowest BCUT2D eigenvalue weighted by Crippen LogP contribution is -2.48. The number of carbonyl (C=O) groups excluding carboxylic acids is 3. The van der Waals surface area contributed by atoms with Gasteiger partial charge in [-0.25, -0.2) is 4.39 Å². The van der Waals surface area contributed by atoms with Crippen LogP contribution in [-0.2, 0) is 18.9 Å². The molecule has 0 unspecified atom stereocenters. The fourth-order valence-electron chi connectivity index (χ4n) is 1.76. The summed E-state index contributed by atoms with van der Waals surface area (Å²) in [4.78, 5) is 35.1. The summed E-state index contributed by atoms with van der Waals surface area (Å²) in [6.45, 7) is -0.138. The molecule has 104 valence electrons. The average Bonchev–Trinajstić information content (AvgIpc) is 2.35. The quantitative estimate of drug-likeness (QED) is 0.530. The Morgan fingerprint density at radius 1 is 1.25 bits per heavy atom. The SMILES string of the molecule is CN1CC(=O)OB(c2ccc(C=O)c(F)c2)OC(=O)C1. The van der Waals surface area contributed by atoms with Gasteiger partial charge in [0.2, 0.25) is 0 Å². The van der Waals surface area contributed by atoms with E-state index in [0.717, 1.165) is 6.07 Å². The highest BCUT2D eigenvalue weighted by atomic mass is 19.1. The number of likely N-dealkylation sites (N-methyl/N-ethyl adjacent to an activating group) is 1. The molecule has 1 aliphatic heterocycles. The van der Waals surface area contributed by atoms with E-state index in [1.807, 2.05) is 0 Å². The van der Waals surface area contributed by atoms with Gasteiger partial charge in [-0.15, -0.1) is 0 Å². The van der Waals surface area contributed by atoms with Crippen LogP contribution in [0.3, 0.4) is 0 Å². The van der Waals surface area contributed by atoms with Crippen LogP contribution < -0.4 is 5.46 Å². The zero-order valence-corrected chi connectivity index (χ0v) is 10.7. The van der Waals surface area contributed by atoms with Crippen molar-refractivity contribution >= 4 is 30.8 Å². The molecular formula is C12H11BFNO5. The van der Waals surface area contributed by atoms with Crippen LogP contribution in [0.4, 0.5) is 4.39 Å². The van der Waals surface area contributed by atoms with Gasteiger partial charge in [-0.1, -0.05) is 6.07 Å². The van der Waals surface area contributed by atoms with E-state index >= 15 is 0 Å². The van der Waals surface area contributed by atoms with Gasteiger partial charge in [-0.05, 0) is 19.2 Å².